The van der Waals surface area contributed by atoms with E-state index in [-0.39, 0.29) is 35.9 Å². The molecule has 2 fully saturated rings. The predicted molar refractivity (Wildman–Crippen MR) is 78.5 cm³/mol. The van der Waals surface area contributed by atoms with Crippen molar-refractivity contribution in [3.63, 3.8) is 0 Å². The molecule has 2 atom stereocenters. The highest BCUT2D eigenvalue weighted by Crippen LogP contribution is 2.39. The van der Waals surface area contributed by atoms with E-state index in [4.69, 9.17) is 4.74 Å². The lowest BCUT2D eigenvalue weighted by Crippen LogP contribution is -2.57. The quantitative estimate of drug-likeness (QED) is 0.806. The number of sulfone groups is 1. The monoisotopic (exact) mass is 379 g/mol. The number of carbonyl (C=O) groups excluding carboxylic acids is 1. The van der Waals surface area contributed by atoms with Gasteiger partial charge in [-0.15, -0.1) is 0 Å². The SMILES string of the molecule is Cc1nc(C(F)(F)F)ncc1S(=O)(=O)C1CNCCC12CC(=O)CO2. The largest absolute Gasteiger partial charge is 0.451 e. The van der Waals surface area contributed by atoms with Crippen LogP contribution in [0.15, 0.2) is 11.1 Å². The third-order valence-corrected chi connectivity index (χ3v) is 6.89. The molecule has 138 valence electrons. The number of ether oxygens (including phenoxy) is 1. The van der Waals surface area contributed by atoms with Gasteiger partial charge in [-0.05, 0) is 19.9 Å². The van der Waals surface area contributed by atoms with Crippen LogP contribution in [0.2, 0.25) is 0 Å². The van der Waals surface area contributed by atoms with Crippen LogP contribution in [-0.4, -0.2) is 54.7 Å². The molecule has 1 aromatic rings. The first-order valence-electron chi connectivity index (χ1n) is 7.57. The van der Waals surface area contributed by atoms with E-state index in [9.17, 15) is 26.4 Å². The third kappa shape index (κ3) is 3.15. The van der Waals surface area contributed by atoms with E-state index in [2.05, 4.69) is 15.3 Å². The molecule has 3 heterocycles. The van der Waals surface area contributed by atoms with Crippen molar-refractivity contribution in [2.24, 2.45) is 0 Å². The summed E-state index contributed by atoms with van der Waals surface area (Å²) in [5.41, 5.74) is -1.44. The molecule has 11 heteroatoms. The number of nitrogens with one attached hydrogen (secondary N) is 1. The van der Waals surface area contributed by atoms with Crippen LogP contribution in [0.25, 0.3) is 0 Å². The summed E-state index contributed by atoms with van der Waals surface area (Å²) < 4.78 is 69.7. The molecule has 7 nitrogen and oxygen atoms in total. The van der Waals surface area contributed by atoms with Crippen LogP contribution in [0.3, 0.4) is 0 Å². The van der Waals surface area contributed by atoms with E-state index < -0.39 is 32.7 Å². The molecule has 0 amide bonds. The molecule has 0 radical (unpaired) electrons. The zero-order valence-electron chi connectivity index (χ0n) is 13.3. The molecule has 2 unspecified atom stereocenters. The fourth-order valence-electron chi connectivity index (χ4n) is 3.33. The van der Waals surface area contributed by atoms with Gasteiger partial charge in [0.25, 0.3) is 0 Å². The van der Waals surface area contributed by atoms with Gasteiger partial charge in [-0.25, -0.2) is 18.4 Å². The second-order valence-electron chi connectivity index (χ2n) is 6.20. The third-order valence-electron chi connectivity index (χ3n) is 4.53. The van der Waals surface area contributed by atoms with Gasteiger partial charge in [0, 0.05) is 19.2 Å². The summed E-state index contributed by atoms with van der Waals surface area (Å²) in [6.07, 6.45) is -3.79. The number of nitrogens with zero attached hydrogens (tertiary/aromatic N) is 2. The fourth-order valence-corrected chi connectivity index (χ4v) is 5.46. The van der Waals surface area contributed by atoms with Gasteiger partial charge in [0.2, 0.25) is 5.82 Å². The highest BCUT2D eigenvalue weighted by atomic mass is 32.2. The summed E-state index contributed by atoms with van der Waals surface area (Å²) >= 11 is 0. The van der Waals surface area contributed by atoms with Crippen molar-refractivity contribution in [1.82, 2.24) is 15.3 Å². The number of aromatic nitrogens is 2. The summed E-state index contributed by atoms with van der Waals surface area (Å²) in [5, 5.41) is 1.84. The lowest BCUT2D eigenvalue weighted by Gasteiger charge is -2.39. The van der Waals surface area contributed by atoms with Crippen LogP contribution in [-0.2, 0) is 25.5 Å². The molecule has 0 aliphatic carbocycles. The lowest BCUT2D eigenvalue weighted by atomic mass is 9.89. The fraction of sp³-hybridized carbons (Fsp3) is 0.643. The zero-order chi connectivity index (χ0) is 18.5. The van der Waals surface area contributed by atoms with E-state index in [1.165, 1.54) is 6.92 Å². The topological polar surface area (TPSA) is 98.3 Å². The smallest absolute Gasteiger partial charge is 0.365 e. The molecule has 1 spiro atoms. The van der Waals surface area contributed by atoms with E-state index in [0.717, 1.165) is 0 Å². The maximum atomic E-state index is 13.0. The minimum Gasteiger partial charge on any atom is -0.365 e. The van der Waals surface area contributed by atoms with Crippen molar-refractivity contribution in [1.29, 1.82) is 0 Å². The molecule has 2 saturated heterocycles. The molecule has 0 aromatic carbocycles. The highest BCUT2D eigenvalue weighted by Gasteiger charge is 2.54. The molecular formula is C14H16F3N3O4S. The standard InChI is InChI=1S/C14H16F3N3O4S/c1-8-10(5-19-12(20-8)14(15,16)17)25(22,23)11-6-18-3-2-13(11)4-9(21)7-24-13/h5,11,18H,2-4,6-7H2,1H3. The van der Waals surface area contributed by atoms with Crippen LogP contribution in [0.4, 0.5) is 13.2 Å². The van der Waals surface area contributed by atoms with Crippen molar-refractivity contribution in [3.8, 4) is 0 Å². The maximum absolute atomic E-state index is 13.0. The summed E-state index contributed by atoms with van der Waals surface area (Å²) in [6.45, 7) is 1.56. The van der Waals surface area contributed by atoms with Crippen LogP contribution < -0.4 is 5.32 Å². The summed E-state index contributed by atoms with van der Waals surface area (Å²) in [6, 6.07) is 0. The highest BCUT2D eigenvalue weighted by molar-refractivity contribution is 7.92. The Kier molecular flexibility index (Phi) is 4.36. The number of hydrogen-bond acceptors (Lipinski definition) is 7. The van der Waals surface area contributed by atoms with Gasteiger partial charge in [0.05, 0.1) is 11.3 Å². The first-order chi connectivity index (χ1) is 11.6. The zero-order valence-corrected chi connectivity index (χ0v) is 14.1. The predicted octanol–water partition coefficient (Wildman–Crippen LogP) is 0.668. The number of halogens is 3. The number of piperidine rings is 1. The van der Waals surface area contributed by atoms with Gasteiger partial charge in [0.15, 0.2) is 15.6 Å². The van der Waals surface area contributed by atoms with Crippen LogP contribution in [0.5, 0.6) is 0 Å². The van der Waals surface area contributed by atoms with E-state index in [1.54, 1.807) is 0 Å². The first-order valence-corrected chi connectivity index (χ1v) is 9.12. The Balaban J connectivity index is 2.02. The van der Waals surface area contributed by atoms with Gasteiger partial charge in [-0.2, -0.15) is 13.2 Å². The van der Waals surface area contributed by atoms with Crippen molar-refractivity contribution in [2.75, 3.05) is 19.7 Å². The number of carbonyl (C=O) groups is 1. The number of ketones is 1. The van der Waals surface area contributed by atoms with E-state index in [0.29, 0.717) is 19.2 Å². The Labute approximate surface area is 141 Å². The average molecular weight is 379 g/mol. The van der Waals surface area contributed by atoms with Gasteiger partial charge in [-0.1, -0.05) is 0 Å². The summed E-state index contributed by atoms with van der Waals surface area (Å²) in [7, 11) is -4.10. The van der Waals surface area contributed by atoms with Gasteiger partial charge < -0.3 is 10.1 Å². The molecule has 1 N–H and O–H groups in total. The molecular weight excluding hydrogens is 363 g/mol. The second-order valence-corrected chi connectivity index (χ2v) is 8.30. The summed E-state index contributed by atoms with van der Waals surface area (Å²) in [4.78, 5) is 17.7. The number of hydrogen-bond donors (Lipinski definition) is 1. The summed E-state index contributed by atoms with van der Waals surface area (Å²) in [5.74, 6) is -1.59. The Hall–Kier alpha value is -1.59. The number of rotatable bonds is 2. The first kappa shape index (κ1) is 18.2. The Morgan fingerprint density at radius 2 is 2.12 bits per heavy atom. The van der Waals surface area contributed by atoms with Crippen molar-refractivity contribution < 1.29 is 31.1 Å². The average Bonchev–Trinajstić information content (AvgIpc) is 2.87. The van der Waals surface area contributed by atoms with Crippen molar-refractivity contribution in [2.45, 2.75) is 41.7 Å². The minimum atomic E-state index is -4.76. The number of alkyl halides is 3. The van der Waals surface area contributed by atoms with Gasteiger partial charge in [-0.3, -0.25) is 4.79 Å². The molecule has 0 bridgehead atoms. The second kappa shape index (κ2) is 5.99. The Morgan fingerprint density at radius 3 is 2.68 bits per heavy atom. The molecule has 2 aliphatic rings. The van der Waals surface area contributed by atoms with Gasteiger partial charge >= 0.3 is 6.18 Å². The molecule has 3 rings (SSSR count). The van der Waals surface area contributed by atoms with Crippen molar-refractivity contribution in [3.05, 3.63) is 17.7 Å². The number of Topliss-reactive ketones (excluding diaryl/α,β-unsaturated/α-hetero) is 1. The Morgan fingerprint density at radius 1 is 1.40 bits per heavy atom. The van der Waals surface area contributed by atoms with Crippen LogP contribution in [0.1, 0.15) is 24.4 Å². The Bertz CT molecular complexity index is 812. The molecule has 0 saturated carbocycles. The van der Waals surface area contributed by atoms with Gasteiger partial charge in [0.1, 0.15) is 16.8 Å². The van der Waals surface area contributed by atoms with Crippen LogP contribution >= 0.6 is 0 Å². The lowest BCUT2D eigenvalue weighted by molar-refractivity contribution is -0.145. The van der Waals surface area contributed by atoms with Crippen LogP contribution in [0, 0.1) is 6.92 Å². The molecule has 2 aliphatic heterocycles. The normalized spacial score (nSPS) is 27.8. The molecule has 1 aromatic heterocycles. The number of aryl methyl sites for hydroxylation is 1. The minimum absolute atomic E-state index is 0.0287. The van der Waals surface area contributed by atoms with Crippen molar-refractivity contribution >= 4 is 15.6 Å². The van der Waals surface area contributed by atoms with E-state index >= 15 is 0 Å². The maximum Gasteiger partial charge on any atom is 0.451 e. The van der Waals surface area contributed by atoms with E-state index in [1.807, 2.05) is 0 Å². The molecule has 25 heavy (non-hydrogen) atoms.